The van der Waals surface area contributed by atoms with Crippen molar-refractivity contribution in [3.05, 3.63) is 23.8 Å². The Labute approximate surface area is 111 Å². The minimum atomic E-state index is -1.25. The lowest BCUT2D eigenvalue weighted by molar-refractivity contribution is 0.0693. The third-order valence-electron chi connectivity index (χ3n) is 2.58. The molecule has 0 bridgehead atoms. The van der Waals surface area contributed by atoms with Crippen LogP contribution in [0.15, 0.2) is 18.2 Å². The number of anilines is 1. The summed E-state index contributed by atoms with van der Waals surface area (Å²) in [5.74, 6) is -1.58. The van der Waals surface area contributed by atoms with E-state index in [0.717, 1.165) is 12.8 Å². The summed E-state index contributed by atoms with van der Waals surface area (Å²) in [4.78, 5) is 22.5. The van der Waals surface area contributed by atoms with Crippen molar-refractivity contribution in [2.75, 3.05) is 5.32 Å². The van der Waals surface area contributed by atoms with Gasteiger partial charge in [0.15, 0.2) is 0 Å². The van der Waals surface area contributed by atoms with E-state index in [1.54, 1.807) is 0 Å². The van der Waals surface area contributed by atoms with Crippen LogP contribution in [-0.2, 0) is 0 Å². The van der Waals surface area contributed by atoms with Gasteiger partial charge < -0.3 is 20.8 Å². The predicted octanol–water partition coefficient (Wildman–Crippen LogP) is 2.40. The molecule has 1 aromatic rings. The molecule has 0 aromatic heterocycles. The van der Waals surface area contributed by atoms with Gasteiger partial charge in [0.25, 0.3) is 0 Å². The van der Waals surface area contributed by atoms with Crippen LogP contribution < -0.4 is 10.6 Å². The zero-order valence-corrected chi connectivity index (χ0v) is 10.9. The van der Waals surface area contributed by atoms with Crippen molar-refractivity contribution in [1.82, 2.24) is 5.32 Å². The monoisotopic (exact) mass is 266 g/mol. The molecular weight excluding hydrogens is 248 g/mol. The van der Waals surface area contributed by atoms with Gasteiger partial charge >= 0.3 is 12.0 Å². The molecule has 1 rings (SSSR count). The maximum Gasteiger partial charge on any atom is 0.339 e. The number of rotatable bonds is 5. The number of nitrogens with one attached hydrogen (secondary N) is 2. The Kier molecular flexibility index (Phi) is 5.17. The number of aromatic carboxylic acids is 1. The number of carbonyl (C=O) groups excluding carboxylic acids is 1. The first kappa shape index (κ1) is 14.8. The van der Waals surface area contributed by atoms with Crippen molar-refractivity contribution >= 4 is 17.7 Å². The minimum absolute atomic E-state index is 0.0426. The van der Waals surface area contributed by atoms with E-state index in [1.807, 2.05) is 13.8 Å². The number of carboxylic acid groups (broad SMARTS) is 1. The van der Waals surface area contributed by atoms with Gasteiger partial charge in [-0.15, -0.1) is 0 Å². The molecule has 104 valence electrons. The molecule has 6 heteroatoms. The lowest BCUT2D eigenvalue weighted by atomic mass is 10.2. The highest BCUT2D eigenvalue weighted by molar-refractivity contribution is 5.95. The molecule has 4 N–H and O–H groups in total. The van der Waals surface area contributed by atoms with Crippen LogP contribution in [0.25, 0.3) is 0 Å². The second kappa shape index (κ2) is 6.63. The van der Waals surface area contributed by atoms with Gasteiger partial charge in [-0.1, -0.05) is 13.3 Å². The normalized spacial score (nSPS) is 11.7. The third kappa shape index (κ3) is 4.50. The zero-order chi connectivity index (χ0) is 14.4. The summed E-state index contributed by atoms with van der Waals surface area (Å²) < 4.78 is 0. The van der Waals surface area contributed by atoms with Crippen molar-refractivity contribution in [2.24, 2.45) is 0 Å². The lowest BCUT2D eigenvalue weighted by Gasteiger charge is -2.14. The van der Waals surface area contributed by atoms with E-state index in [1.165, 1.54) is 18.2 Å². The summed E-state index contributed by atoms with van der Waals surface area (Å²) in [6.07, 6.45) is 1.83. The molecule has 0 aliphatic heterocycles. The highest BCUT2D eigenvalue weighted by Gasteiger charge is 2.12. The average molecular weight is 266 g/mol. The van der Waals surface area contributed by atoms with Crippen LogP contribution in [0.4, 0.5) is 10.5 Å². The Bertz CT molecular complexity index is 474. The first-order valence-corrected chi connectivity index (χ1v) is 6.07. The van der Waals surface area contributed by atoms with Crippen molar-refractivity contribution in [1.29, 1.82) is 0 Å². The first-order valence-electron chi connectivity index (χ1n) is 6.07. The fourth-order valence-electron chi connectivity index (χ4n) is 1.68. The molecule has 0 fully saturated rings. The summed E-state index contributed by atoms with van der Waals surface area (Å²) in [7, 11) is 0. The van der Waals surface area contributed by atoms with Gasteiger partial charge in [-0.2, -0.15) is 0 Å². The van der Waals surface area contributed by atoms with Crippen molar-refractivity contribution in [2.45, 2.75) is 32.7 Å². The van der Waals surface area contributed by atoms with Crippen molar-refractivity contribution in [3.63, 3.8) is 0 Å². The highest BCUT2D eigenvalue weighted by Crippen LogP contribution is 2.21. The number of phenols is 1. The standard InChI is InChI=1S/C13H18N2O4/c1-3-4-8(2)14-13(19)15-9-5-6-11(16)10(7-9)12(17)18/h5-8,16H,3-4H2,1-2H3,(H,17,18)(H2,14,15,19). The van der Waals surface area contributed by atoms with Gasteiger partial charge in [0.05, 0.1) is 0 Å². The number of urea groups is 1. The van der Waals surface area contributed by atoms with Crippen molar-refractivity contribution < 1.29 is 19.8 Å². The first-order chi connectivity index (χ1) is 8.93. The van der Waals surface area contributed by atoms with Crippen LogP contribution in [0.2, 0.25) is 0 Å². The van der Waals surface area contributed by atoms with Gasteiger partial charge in [0.2, 0.25) is 0 Å². The van der Waals surface area contributed by atoms with Crippen LogP contribution in [0.5, 0.6) is 5.75 Å². The largest absolute Gasteiger partial charge is 0.507 e. The van der Waals surface area contributed by atoms with Gasteiger partial charge in [-0.3, -0.25) is 0 Å². The summed E-state index contributed by atoms with van der Waals surface area (Å²) in [5, 5.41) is 23.5. The molecule has 2 amide bonds. The molecule has 0 saturated carbocycles. The maximum absolute atomic E-state index is 11.6. The fraction of sp³-hybridized carbons (Fsp3) is 0.385. The molecule has 0 spiro atoms. The van der Waals surface area contributed by atoms with E-state index >= 15 is 0 Å². The van der Waals surface area contributed by atoms with Crippen LogP contribution in [0.3, 0.4) is 0 Å². The van der Waals surface area contributed by atoms with E-state index in [4.69, 9.17) is 5.11 Å². The molecule has 0 saturated heterocycles. The van der Waals surface area contributed by atoms with E-state index in [2.05, 4.69) is 10.6 Å². The molecule has 1 atom stereocenters. The molecule has 1 unspecified atom stereocenters. The molecule has 19 heavy (non-hydrogen) atoms. The van der Waals surface area contributed by atoms with Gasteiger partial charge in [0, 0.05) is 11.7 Å². The summed E-state index contributed by atoms with van der Waals surface area (Å²) in [5.41, 5.74) is 0.0656. The minimum Gasteiger partial charge on any atom is -0.507 e. The summed E-state index contributed by atoms with van der Waals surface area (Å²) in [6, 6.07) is 3.52. The number of hydrogen-bond acceptors (Lipinski definition) is 3. The molecule has 1 aromatic carbocycles. The molecule has 0 aliphatic rings. The van der Waals surface area contributed by atoms with Crippen LogP contribution in [0, 0.1) is 0 Å². The topological polar surface area (TPSA) is 98.7 Å². The molecule has 6 nitrogen and oxygen atoms in total. The fourth-order valence-corrected chi connectivity index (χ4v) is 1.68. The van der Waals surface area contributed by atoms with E-state index < -0.39 is 12.0 Å². The van der Waals surface area contributed by atoms with Crippen LogP contribution in [0.1, 0.15) is 37.0 Å². The quantitative estimate of drug-likeness (QED) is 0.615. The number of hydrogen-bond donors (Lipinski definition) is 4. The van der Waals surface area contributed by atoms with Crippen LogP contribution in [-0.4, -0.2) is 28.3 Å². The zero-order valence-electron chi connectivity index (χ0n) is 10.9. The lowest BCUT2D eigenvalue weighted by Crippen LogP contribution is -2.35. The number of aromatic hydroxyl groups is 1. The molecule has 0 aliphatic carbocycles. The smallest absolute Gasteiger partial charge is 0.339 e. The second-order valence-corrected chi connectivity index (χ2v) is 4.33. The van der Waals surface area contributed by atoms with Gasteiger partial charge in [0.1, 0.15) is 11.3 Å². The number of benzene rings is 1. The van der Waals surface area contributed by atoms with Gasteiger partial charge in [-0.25, -0.2) is 9.59 Å². The van der Waals surface area contributed by atoms with E-state index in [-0.39, 0.29) is 17.4 Å². The molecular formula is C13H18N2O4. The Morgan fingerprint density at radius 3 is 2.63 bits per heavy atom. The Morgan fingerprint density at radius 2 is 2.05 bits per heavy atom. The number of amides is 2. The van der Waals surface area contributed by atoms with Gasteiger partial charge in [-0.05, 0) is 31.5 Å². The predicted molar refractivity (Wildman–Crippen MR) is 71.6 cm³/mol. The van der Waals surface area contributed by atoms with Crippen LogP contribution >= 0.6 is 0 Å². The van der Waals surface area contributed by atoms with E-state index in [9.17, 15) is 14.7 Å². The van der Waals surface area contributed by atoms with E-state index in [0.29, 0.717) is 5.69 Å². The van der Waals surface area contributed by atoms with Crippen molar-refractivity contribution in [3.8, 4) is 5.75 Å². The summed E-state index contributed by atoms with van der Waals surface area (Å²) >= 11 is 0. The summed E-state index contributed by atoms with van der Waals surface area (Å²) in [6.45, 7) is 3.91. The number of carboxylic acids is 1. The molecule has 0 heterocycles. The Hall–Kier alpha value is -2.24. The highest BCUT2D eigenvalue weighted by atomic mass is 16.4. The average Bonchev–Trinajstić information content (AvgIpc) is 2.31. The second-order valence-electron chi connectivity index (χ2n) is 4.33. The Morgan fingerprint density at radius 1 is 1.37 bits per heavy atom. The molecule has 0 radical (unpaired) electrons. The number of carbonyl (C=O) groups is 2. The maximum atomic E-state index is 11.6. The third-order valence-corrected chi connectivity index (χ3v) is 2.58. The SMILES string of the molecule is CCCC(C)NC(=O)Nc1ccc(O)c(C(=O)O)c1. The Balaban J connectivity index is 2.69.